The second-order valence-electron chi connectivity index (χ2n) is 3.23. The molecule has 0 aliphatic carbocycles. The largest absolute Gasteiger partial charge is 0.497 e. The maximum Gasteiger partial charge on any atom is 0.162 e. The molecule has 0 aromatic heterocycles. The normalized spacial score (nSPS) is 22.4. The molecule has 12 heavy (non-hydrogen) atoms. The van der Waals surface area contributed by atoms with Crippen molar-refractivity contribution in [2.45, 2.75) is 45.1 Å². The van der Waals surface area contributed by atoms with Crippen molar-refractivity contribution in [1.29, 1.82) is 0 Å². The van der Waals surface area contributed by atoms with E-state index in [9.17, 15) is 4.79 Å². The van der Waals surface area contributed by atoms with Crippen molar-refractivity contribution in [3.8, 4) is 0 Å². The molecule has 0 fully saturated rings. The highest BCUT2D eigenvalue weighted by Gasteiger charge is 2.15. The lowest BCUT2D eigenvalue weighted by Crippen LogP contribution is -2.18. The van der Waals surface area contributed by atoms with E-state index < -0.39 is 0 Å². The first-order valence-electron chi connectivity index (χ1n) is 4.67. The minimum atomic E-state index is 0.147. The lowest BCUT2D eigenvalue weighted by atomic mass is 10.0. The summed E-state index contributed by atoms with van der Waals surface area (Å²) < 4.78 is 5.29. The van der Waals surface area contributed by atoms with Crippen LogP contribution in [0.4, 0.5) is 0 Å². The molecule has 0 aromatic rings. The van der Waals surface area contributed by atoms with Gasteiger partial charge in [0.15, 0.2) is 5.78 Å². The third-order valence-electron chi connectivity index (χ3n) is 2.08. The molecule has 0 radical (unpaired) electrons. The Hall–Kier alpha value is -0.790. The number of carbonyl (C=O) groups is 1. The Morgan fingerprint density at radius 3 is 3.08 bits per heavy atom. The minimum absolute atomic E-state index is 0.147. The van der Waals surface area contributed by atoms with Crippen molar-refractivity contribution in [3.05, 3.63) is 12.3 Å². The number of ketones is 1. The van der Waals surface area contributed by atoms with Crippen molar-refractivity contribution in [1.82, 2.24) is 0 Å². The molecule has 1 aliphatic heterocycles. The topological polar surface area (TPSA) is 26.3 Å². The van der Waals surface area contributed by atoms with Crippen LogP contribution < -0.4 is 0 Å². The van der Waals surface area contributed by atoms with E-state index in [2.05, 4.69) is 6.92 Å². The summed E-state index contributed by atoms with van der Waals surface area (Å²) in [7, 11) is 0. The van der Waals surface area contributed by atoms with E-state index in [1.807, 2.05) is 0 Å². The zero-order valence-electron chi connectivity index (χ0n) is 7.58. The molecule has 1 rings (SSSR count). The fourth-order valence-corrected chi connectivity index (χ4v) is 1.36. The van der Waals surface area contributed by atoms with Gasteiger partial charge in [-0.25, -0.2) is 0 Å². The van der Waals surface area contributed by atoms with E-state index in [0.717, 1.165) is 6.42 Å². The minimum Gasteiger partial charge on any atom is -0.497 e. The summed E-state index contributed by atoms with van der Waals surface area (Å²) in [4.78, 5) is 10.9. The van der Waals surface area contributed by atoms with E-state index in [0.29, 0.717) is 6.42 Å². The van der Waals surface area contributed by atoms with E-state index in [1.54, 1.807) is 0 Å². The molecule has 0 bridgehead atoms. The van der Waals surface area contributed by atoms with E-state index in [-0.39, 0.29) is 11.9 Å². The zero-order chi connectivity index (χ0) is 8.81. The quantitative estimate of drug-likeness (QED) is 0.603. The molecule has 0 saturated carbocycles. The molecule has 0 amide bonds. The first-order valence-corrected chi connectivity index (χ1v) is 4.67. The molecule has 1 aliphatic rings. The summed E-state index contributed by atoms with van der Waals surface area (Å²) in [5.41, 5.74) is 0. The molecular weight excluding hydrogens is 152 g/mol. The second kappa shape index (κ2) is 4.96. The van der Waals surface area contributed by atoms with Crippen molar-refractivity contribution in [3.63, 3.8) is 0 Å². The molecule has 2 nitrogen and oxygen atoms in total. The van der Waals surface area contributed by atoms with E-state index >= 15 is 0 Å². The SMILES string of the molecule is CCCCC[C@@H]1CC(=O)C=CO1. The van der Waals surface area contributed by atoms with Crippen LogP contribution in [0.1, 0.15) is 39.0 Å². The Kier molecular flexibility index (Phi) is 3.85. The van der Waals surface area contributed by atoms with Crippen molar-refractivity contribution in [2.75, 3.05) is 0 Å². The summed E-state index contributed by atoms with van der Waals surface area (Å²) in [6, 6.07) is 0. The van der Waals surface area contributed by atoms with Gasteiger partial charge in [0.2, 0.25) is 0 Å². The van der Waals surface area contributed by atoms with Crippen LogP contribution in [-0.4, -0.2) is 11.9 Å². The predicted octanol–water partition coefficient (Wildman–Crippen LogP) is 2.44. The standard InChI is InChI=1S/C10H16O2/c1-2-3-4-5-10-8-9(11)6-7-12-10/h6-7,10H,2-5,8H2,1H3/t10-/m1/s1. The first-order chi connectivity index (χ1) is 5.83. The van der Waals surface area contributed by atoms with Gasteiger partial charge < -0.3 is 4.74 Å². The van der Waals surface area contributed by atoms with Crippen molar-refractivity contribution < 1.29 is 9.53 Å². The molecular formula is C10H16O2. The van der Waals surface area contributed by atoms with Gasteiger partial charge in [0.05, 0.1) is 6.26 Å². The van der Waals surface area contributed by atoms with Gasteiger partial charge in [-0.2, -0.15) is 0 Å². The van der Waals surface area contributed by atoms with Crippen molar-refractivity contribution >= 4 is 5.78 Å². The maximum atomic E-state index is 10.9. The van der Waals surface area contributed by atoms with Crippen LogP contribution in [0, 0.1) is 0 Å². The van der Waals surface area contributed by atoms with E-state index in [1.165, 1.54) is 31.6 Å². The van der Waals surface area contributed by atoms with Crippen LogP contribution in [0.5, 0.6) is 0 Å². The molecule has 0 saturated heterocycles. The van der Waals surface area contributed by atoms with Gasteiger partial charge in [0.25, 0.3) is 0 Å². The van der Waals surface area contributed by atoms with Crippen LogP contribution in [0.25, 0.3) is 0 Å². The van der Waals surface area contributed by atoms with Gasteiger partial charge in [-0.3, -0.25) is 4.79 Å². The van der Waals surface area contributed by atoms with Gasteiger partial charge >= 0.3 is 0 Å². The fourth-order valence-electron chi connectivity index (χ4n) is 1.36. The Labute approximate surface area is 73.6 Å². The van der Waals surface area contributed by atoms with Crippen LogP contribution in [0.2, 0.25) is 0 Å². The highest BCUT2D eigenvalue weighted by molar-refractivity contribution is 5.90. The van der Waals surface area contributed by atoms with Crippen molar-refractivity contribution in [2.24, 2.45) is 0 Å². The first kappa shape index (κ1) is 9.30. The number of hydrogen-bond acceptors (Lipinski definition) is 2. The Bertz CT molecular complexity index is 173. The third-order valence-corrected chi connectivity index (χ3v) is 2.08. The second-order valence-corrected chi connectivity index (χ2v) is 3.23. The van der Waals surface area contributed by atoms with E-state index in [4.69, 9.17) is 4.74 Å². The number of rotatable bonds is 4. The molecule has 0 N–H and O–H groups in total. The molecule has 68 valence electrons. The molecule has 1 atom stereocenters. The van der Waals surface area contributed by atoms with Crippen LogP contribution >= 0.6 is 0 Å². The Morgan fingerprint density at radius 1 is 1.58 bits per heavy atom. The highest BCUT2D eigenvalue weighted by Crippen LogP contribution is 2.14. The van der Waals surface area contributed by atoms with Gasteiger partial charge in [-0.1, -0.05) is 19.8 Å². The van der Waals surface area contributed by atoms with Crippen LogP contribution in [0.3, 0.4) is 0 Å². The lowest BCUT2D eigenvalue weighted by Gasteiger charge is -2.17. The van der Waals surface area contributed by atoms with Gasteiger partial charge in [-0.05, 0) is 12.8 Å². The molecule has 0 spiro atoms. The maximum absolute atomic E-state index is 10.9. The molecule has 0 unspecified atom stereocenters. The Morgan fingerprint density at radius 2 is 2.42 bits per heavy atom. The molecule has 2 heteroatoms. The smallest absolute Gasteiger partial charge is 0.162 e. The van der Waals surface area contributed by atoms with Crippen LogP contribution in [-0.2, 0) is 9.53 Å². The number of ether oxygens (including phenoxy) is 1. The summed E-state index contributed by atoms with van der Waals surface area (Å²) >= 11 is 0. The zero-order valence-corrected chi connectivity index (χ0v) is 7.58. The number of hydrogen-bond donors (Lipinski definition) is 0. The summed E-state index contributed by atoms with van der Waals surface area (Å²) in [6.45, 7) is 2.17. The summed E-state index contributed by atoms with van der Waals surface area (Å²) in [5.74, 6) is 0.197. The number of unbranched alkanes of at least 4 members (excludes halogenated alkanes) is 2. The molecule has 1 heterocycles. The third kappa shape index (κ3) is 3.07. The Balaban J connectivity index is 2.16. The monoisotopic (exact) mass is 168 g/mol. The highest BCUT2D eigenvalue weighted by atomic mass is 16.5. The van der Waals surface area contributed by atoms with Gasteiger partial charge in [0.1, 0.15) is 6.10 Å². The van der Waals surface area contributed by atoms with Gasteiger partial charge in [0, 0.05) is 12.5 Å². The molecule has 0 aromatic carbocycles. The summed E-state index contributed by atoms with van der Waals surface area (Å²) in [5, 5.41) is 0. The number of carbonyl (C=O) groups excluding carboxylic acids is 1. The fraction of sp³-hybridized carbons (Fsp3) is 0.700. The average molecular weight is 168 g/mol. The lowest BCUT2D eigenvalue weighted by molar-refractivity contribution is -0.118. The predicted molar refractivity (Wildman–Crippen MR) is 47.8 cm³/mol. The average Bonchev–Trinajstić information content (AvgIpc) is 2.05. The summed E-state index contributed by atoms with van der Waals surface area (Å²) in [6.07, 6.45) is 8.40. The number of allylic oxidation sites excluding steroid dienone is 1. The van der Waals surface area contributed by atoms with Crippen LogP contribution in [0.15, 0.2) is 12.3 Å². The van der Waals surface area contributed by atoms with Gasteiger partial charge in [-0.15, -0.1) is 0 Å².